The third-order valence-electron chi connectivity index (χ3n) is 5.33. The fraction of sp³-hybridized carbons (Fsp3) is 0.125. The number of nitrogens with one attached hydrogen (secondary N) is 2. The Morgan fingerprint density at radius 2 is 1.89 bits per heavy atom. The molecule has 0 aliphatic heterocycles. The van der Waals surface area contributed by atoms with Gasteiger partial charge < -0.3 is 10.4 Å². The standard InChI is InChI=1S/C24H21FN6O3S2/c25-17-5-7-19(8-6-17)36(33,34)28-11-2-10-26-23-27-12-9-20(29-23)22-21(16-3-1-4-18(32)15-16)30-24-31(22)13-14-35-24/h1,3-9,12-15,28,32H,2,10-11H2,(H,26,27,29). The number of imidazole rings is 1. The number of hydrogen-bond acceptors (Lipinski definition) is 8. The van der Waals surface area contributed by atoms with Gasteiger partial charge >= 0.3 is 0 Å². The normalized spacial score (nSPS) is 11.7. The number of fused-ring (bicyclic) bond motifs is 1. The van der Waals surface area contributed by atoms with Crippen LogP contribution in [0.15, 0.2) is 77.3 Å². The quantitative estimate of drug-likeness (QED) is 0.248. The van der Waals surface area contributed by atoms with Crippen LogP contribution in [0.1, 0.15) is 6.42 Å². The van der Waals surface area contributed by atoms with Gasteiger partial charge in [-0.1, -0.05) is 12.1 Å². The predicted molar refractivity (Wildman–Crippen MR) is 136 cm³/mol. The highest BCUT2D eigenvalue weighted by atomic mass is 32.2. The van der Waals surface area contributed by atoms with E-state index in [2.05, 4.69) is 20.0 Å². The molecule has 2 aromatic carbocycles. The van der Waals surface area contributed by atoms with Crippen molar-refractivity contribution in [3.05, 3.63) is 78.2 Å². The van der Waals surface area contributed by atoms with Crippen molar-refractivity contribution in [2.24, 2.45) is 0 Å². The molecule has 0 bridgehead atoms. The van der Waals surface area contributed by atoms with Gasteiger partial charge in [0.1, 0.15) is 17.3 Å². The number of anilines is 1. The molecule has 5 rings (SSSR count). The van der Waals surface area contributed by atoms with Crippen LogP contribution in [0.4, 0.5) is 10.3 Å². The van der Waals surface area contributed by atoms with Crippen LogP contribution in [0.2, 0.25) is 0 Å². The lowest BCUT2D eigenvalue weighted by Crippen LogP contribution is -2.26. The molecule has 36 heavy (non-hydrogen) atoms. The Morgan fingerprint density at radius 3 is 2.69 bits per heavy atom. The molecule has 0 saturated heterocycles. The monoisotopic (exact) mass is 524 g/mol. The second kappa shape index (κ2) is 10.0. The molecule has 0 fully saturated rings. The summed E-state index contributed by atoms with van der Waals surface area (Å²) in [7, 11) is -3.71. The average molecular weight is 525 g/mol. The van der Waals surface area contributed by atoms with Crippen LogP contribution in [0, 0.1) is 5.82 Å². The molecule has 5 aromatic rings. The van der Waals surface area contributed by atoms with Gasteiger partial charge in [-0.3, -0.25) is 4.40 Å². The highest BCUT2D eigenvalue weighted by molar-refractivity contribution is 7.89. The molecule has 0 radical (unpaired) electrons. The van der Waals surface area contributed by atoms with E-state index in [9.17, 15) is 17.9 Å². The first-order valence-corrected chi connectivity index (χ1v) is 13.3. The molecule has 0 unspecified atom stereocenters. The maximum absolute atomic E-state index is 13.0. The number of thiazole rings is 1. The first-order valence-electron chi connectivity index (χ1n) is 11.0. The van der Waals surface area contributed by atoms with Crippen molar-refractivity contribution in [1.29, 1.82) is 0 Å². The minimum absolute atomic E-state index is 0.0102. The van der Waals surface area contributed by atoms with E-state index in [-0.39, 0.29) is 17.2 Å². The summed E-state index contributed by atoms with van der Waals surface area (Å²) in [6, 6.07) is 13.4. The van der Waals surface area contributed by atoms with E-state index in [4.69, 9.17) is 4.98 Å². The summed E-state index contributed by atoms with van der Waals surface area (Å²) in [6.45, 7) is 0.612. The van der Waals surface area contributed by atoms with Gasteiger partial charge in [-0.15, -0.1) is 11.3 Å². The lowest BCUT2D eigenvalue weighted by molar-refractivity contribution is 0.475. The van der Waals surface area contributed by atoms with Crippen LogP contribution in [-0.4, -0.2) is 46.0 Å². The number of nitrogens with zero attached hydrogens (tertiary/aromatic N) is 4. The number of hydrogen-bond donors (Lipinski definition) is 3. The Hall–Kier alpha value is -3.87. The summed E-state index contributed by atoms with van der Waals surface area (Å²) < 4.78 is 42.1. The number of aromatic hydroxyl groups is 1. The van der Waals surface area contributed by atoms with Gasteiger partial charge in [0.2, 0.25) is 16.0 Å². The summed E-state index contributed by atoms with van der Waals surface area (Å²) in [5.41, 5.74) is 2.88. The maximum atomic E-state index is 13.0. The van der Waals surface area contributed by atoms with Crippen molar-refractivity contribution in [2.45, 2.75) is 11.3 Å². The molecular weight excluding hydrogens is 503 g/mol. The molecule has 12 heteroatoms. The molecular formula is C24H21FN6O3S2. The number of halogens is 1. The van der Waals surface area contributed by atoms with Crippen molar-refractivity contribution >= 4 is 32.3 Å². The van der Waals surface area contributed by atoms with Crippen LogP contribution in [0.5, 0.6) is 5.75 Å². The van der Waals surface area contributed by atoms with Crippen molar-refractivity contribution in [3.63, 3.8) is 0 Å². The Morgan fingerprint density at radius 1 is 1.06 bits per heavy atom. The molecule has 9 nitrogen and oxygen atoms in total. The van der Waals surface area contributed by atoms with E-state index in [1.54, 1.807) is 30.5 Å². The molecule has 3 aromatic heterocycles. The smallest absolute Gasteiger partial charge is 0.240 e. The minimum Gasteiger partial charge on any atom is -0.508 e. The Kier molecular flexibility index (Phi) is 6.63. The zero-order chi connectivity index (χ0) is 25.1. The third-order valence-corrected chi connectivity index (χ3v) is 7.57. The molecule has 3 heterocycles. The average Bonchev–Trinajstić information content (AvgIpc) is 3.46. The van der Waals surface area contributed by atoms with Crippen molar-refractivity contribution in [1.82, 2.24) is 24.1 Å². The zero-order valence-corrected chi connectivity index (χ0v) is 20.4. The van der Waals surface area contributed by atoms with Gasteiger partial charge in [-0.2, -0.15) is 0 Å². The van der Waals surface area contributed by atoms with Gasteiger partial charge in [0, 0.05) is 36.4 Å². The van der Waals surface area contributed by atoms with Gasteiger partial charge in [-0.05, 0) is 48.9 Å². The van der Waals surface area contributed by atoms with Crippen molar-refractivity contribution in [2.75, 3.05) is 18.4 Å². The molecule has 3 N–H and O–H groups in total. The Balaban J connectivity index is 1.28. The van der Waals surface area contributed by atoms with Crippen LogP contribution in [0.25, 0.3) is 27.6 Å². The second-order valence-electron chi connectivity index (χ2n) is 7.81. The Bertz CT molecular complexity index is 1620. The van der Waals surface area contributed by atoms with E-state index in [1.807, 2.05) is 22.0 Å². The summed E-state index contributed by atoms with van der Waals surface area (Å²) in [6.07, 6.45) is 4.03. The molecule has 0 spiro atoms. The van der Waals surface area contributed by atoms with Crippen LogP contribution in [0.3, 0.4) is 0 Å². The van der Waals surface area contributed by atoms with Crippen LogP contribution < -0.4 is 10.0 Å². The first kappa shape index (κ1) is 23.9. The first-order chi connectivity index (χ1) is 17.4. The number of phenols is 1. The molecule has 184 valence electrons. The number of aromatic nitrogens is 4. The SMILES string of the molecule is O=S(=O)(NCCCNc1nccc(-c2c(-c3cccc(O)c3)nc3sccn23)n1)c1ccc(F)cc1. The van der Waals surface area contributed by atoms with E-state index in [0.717, 1.165) is 28.4 Å². The summed E-state index contributed by atoms with van der Waals surface area (Å²) in [5, 5.41) is 15.0. The fourth-order valence-electron chi connectivity index (χ4n) is 3.65. The zero-order valence-electron chi connectivity index (χ0n) is 18.8. The third kappa shape index (κ3) is 5.05. The van der Waals surface area contributed by atoms with Gasteiger partial charge in [0.15, 0.2) is 4.96 Å². The molecule has 0 saturated carbocycles. The maximum Gasteiger partial charge on any atom is 0.240 e. The lowest BCUT2D eigenvalue weighted by Gasteiger charge is -2.09. The molecule has 0 aliphatic carbocycles. The van der Waals surface area contributed by atoms with Gasteiger partial charge in [-0.25, -0.2) is 32.5 Å². The summed E-state index contributed by atoms with van der Waals surface area (Å²) in [4.78, 5) is 14.5. The number of phenolic OH excluding ortho intramolecular Hbond substituents is 1. The van der Waals surface area contributed by atoms with Gasteiger partial charge in [0.25, 0.3) is 0 Å². The number of benzene rings is 2. The topological polar surface area (TPSA) is 122 Å². The fourth-order valence-corrected chi connectivity index (χ4v) is 5.44. The van der Waals surface area contributed by atoms with E-state index >= 15 is 0 Å². The van der Waals surface area contributed by atoms with E-state index in [0.29, 0.717) is 30.3 Å². The minimum atomic E-state index is -3.71. The Labute approximate surface area is 210 Å². The largest absolute Gasteiger partial charge is 0.508 e. The molecule has 0 atom stereocenters. The van der Waals surface area contributed by atoms with Crippen LogP contribution >= 0.6 is 11.3 Å². The van der Waals surface area contributed by atoms with Crippen LogP contribution in [-0.2, 0) is 10.0 Å². The summed E-state index contributed by atoms with van der Waals surface area (Å²) >= 11 is 1.50. The van der Waals surface area contributed by atoms with E-state index in [1.165, 1.54) is 23.5 Å². The molecule has 0 aliphatic rings. The predicted octanol–water partition coefficient (Wildman–Crippen LogP) is 4.15. The number of sulfonamides is 1. The van der Waals surface area contributed by atoms with Crippen molar-refractivity contribution < 1.29 is 17.9 Å². The van der Waals surface area contributed by atoms with Crippen molar-refractivity contribution in [3.8, 4) is 28.4 Å². The number of rotatable bonds is 9. The summed E-state index contributed by atoms with van der Waals surface area (Å²) in [5.74, 6) is 0.0425. The van der Waals surface area contributed by atoms with Gasteiger partial charge in [0.05, 0.1) is 16.3 Å². The highest BCUT2D eigenvalue weighted by Gasteiger charge is 2.19. The highest BCUT2D eigenvalue weighted by Crippen LogP contribution is 2.34. The van der Waals surface area contributed by atoms with E-state index < -0.39 is 15.8 Å². The lowest BCUT2D eigenvalue weighted by atomic mass is 10.1. The molecule has 0 amide bonds. The second-order valence-corrected chi connectivity index (χ2v) is 10.5.